The van der Waals surface area contributed by atoms with Crippen molar-refractivity contribution in [2.45, 2.75) is 16.4 Å². The summed E-state index contributed by atoms with van der Waals surface area (Å²) in [5, 5.41) is 9.55. The number of aromatic nitrogens is 2. The average molecular weight is 294 g/mol. The third-order valence-corrected chi connectivity index (χ3v) is 4.99. The normalized spacial score (nSPS) is 12.3. The zero-order valence-electron chi connectivity index (χ0n) is 11.6. The van der Waals surface area contributed by atoms with Gasteiger partial charge in [-0.15, -0.1) is 0 Å². The summed E-state index contributed by atoms with van der Waals surface area (Å²) in [6.07, 6.45) is 0. The Kier molecular flexibility index (Phi) is 2.87. The van der Waals surface area contributed by atoms with Crippen LogP contribution >= 0.6 is 11.8 Å². The van der Waals surface area contributed by atoms with E-state index in [1.165, 1.54) is 15.4 Å². The Balaban J connectivity index is 2.13. The molecule has 0 fully saturated rings. The molecule has 1 aliphatic rings. The number of benzene rings is 2. The van der Waals surface area contributed by atoms with Gasteiger partial charge in [-0.25, -0.2) is 4.98 Å². The van der Waals surface area contributed by atoms with Crippen LogP contribution in [0.2, 0.25) is 0 Å². The Hall–Kier alpha value is -2.04. The Morgan fingerprint density at radius 1 is 1.00 bits per heavy atom. The average Bonchev–Trinajstić information content (AvgIpc) is 2.77. The molecule has 2 aromatic carbocycles. The minimum atomic E-state index is -0.0546. The Morgan fingerprint density at radius 3 is 2.33 bits per heavy atom. The van der Waals surface area contributed by atoms with Crippen molar-refractivity contribution < 1.29 is 5.11 Å². The van der Waals surface area contributed by atoms with Crippen molar-refractivity contribution in [2.75, 3.05) is 0 Å². The summed E-state index contributed by atoms with van der Waals surface area (Å²) in [6, 6.07) is 16.7. The number of fused-ring (bicyclic) bond motifs is 5. The van der Waals surface area contributed by atoms with Crippen LogP contribution in [-0.4, -0.2) is 14.7 Å². The van der Waals surface area contributed by atoms with Gasteiger partial charge in [-0.3, -0.25) is 0 Å². The molecule has 3 aromatic rings. The third-order valence-electron chi connectivity index (χ3n) is 3.83. The summed E-state index contributed by atoms with van der Waals surface area (Å²) in [5.41, 5.74) is 4.33. The number of imidazole rings is 1. The molecular weight excluding hydrogens is 280 g/mol. The van der Waals surface area contributed by atoms with E-state index in [4.69, 9.17) is 0 Å². The van der Waals surface area contributed by atoms with Crippen molar-refractivity contribution >= 4 is 11.8 Å². The molecule has 0 amide bonds. The van der Waals surface area contributed by atoms with E-state index >= 15 is 0 Å². The van der Waals surface area contributed by atoms with Crippen LogP contribution < -0.4 is 0 Å². The minimum Gasteiger partial charge on any atom is -0.388 e. The van der Waals surface area contributed by atoms with Gasteiger partial charge in [0, 0.05) is 28.0 Å². The summed E-state index contributed by atoms with van der Waals surface area (Å²) < 4.78 is 2.00. The number of nitrogens with zero attached hydrogens (tertiary/aromatic N) is 2. The van der Waals surface area contributed by atoms with E-state index in [0.717, 1.165) is 17.0 Å². The first-order valence-corrected chi connectivity index (χ1v) is 7.64. The molecule has 0 bridgehead atoms. The third kappa shape index (κ3) is 1.83. The van der Waals surface area contributed by atoms with Gasteiger partial charge in [-0.05, 0) is 12.1 Å². The van der Waals surface area contributed by atoms with E-state index < -0.39 is 0 Å². The predicted octanol–water partition coefficient (Wildman–Crippen LogP) is 3.71. The van der Waals surface area contributed by atoms with Crippen molar-refractivity contribution in [3.05, 3.63) is 54.4 Å². The van der Waals surface area contributed by atoms with Crippen molar-refractivity contribution in [3.8, 4) is 22.5 Å². The number of aliphatic hydroxyl groups excluding tert-OH is 1. The van der Waals surface area contributed by atoms with Gasteiger partial charge < -0.3 is 9.67 Å². The Bertz CT molecular complexity index is 839. The second-order valence-corrected chi connectivity index (χ2v) is 6.12. The van der Waals surface area contributed by atoms with Gasteiger partial charge in [-0.1, -0.05) is 48.2 Å². The molecule has 1 aliphatic heterocycles. The highest BCUT2D eigenvalue weighted by Crippen LogP contribution is 2.47. The fraction of sp³-hybridized carbons (Fsp3) is 0.118. The lowest BCUT2D eigenvalue weighted by Gasteiger charge is -2.08. The molecule has 4 rings (SSSR count). The van der Waals surface area contributed by atoms with Gasteiger partial charge in [-0.2, -0.15) is 0 Å². The van der Waals surface area contributed by atoms with E-state index in [1.54, 1.807) is 11.8 Å². The second-order valence-electron chi connectivity index (χ2n) is 5.04. The van der Waals surface area contributed by atoms with Gasteiger partial charge in [0.15, 0.2) is 0 Å². The Labute approximate surface area is 127 Å². The maximum atomic E-state index is 9.55. The van der Waals surface area contributed by atoms with Gasteiger partial charge in [0.05, 0.1) is 11.4 Å². The molecular formula is C17H14N2OS. The zero-order valence-corrected chi connectivity index (χ0v) is 12.4. The van der Waals surface area contributed by atoms with Crippen LogP contribution in [-0.2, 0) is 13.7 Å². The fourth-order valence-electron chi connectivity index (χ4n) is 2.80. The summed E-state index contributed by atoms with van der Waals surface area (Å²) in [5.74, 6) is 0.691. The van der Waals surface area contributed by atoms with Crippen LogP contribution in [0.25, 0.3) is 22.5 Å². The number of rotatable bonds is 1. The van der Waals surface area contributed by atoms with E-state index in [1.807, 2.05) is 23.7 Å². The first-order valence-electron chi connectivity index (χ1n) is 6.82. The lowest BCUT2D eigenvalue weighted by Crippen LogP contribution is -1.99. The van der Waals surface area contributed by atoms with Gasteiger partial charge >= 0.3 is 0 Å². The minimum absolute atomic E-state index is 0.0546. The molecule has 0 saturated heterocycles. The highest BCUT2D eigenvalue weighted by atomic mass is 32.2. The van der Waals surface area contributed by atoms with Crippen molar-refractivity contribution in [1.82, 2.24) is 9.55 Å². The van der Waals surface area contributed by atoms with Crippen LogP contribution in [0.15, 0.2) is 58.3 Å². The molecule has 0 aliphatic carbocycles. The van der Waals surface area contributed by atoms with Crippen LogP contribution in [0.1, 0.15) is 5.82 Å². The van der Waals surface area contributed by atoms with Crippen LogP contribution in [0.5, 0.6) is 0 Å². The maximum Gasteiger partial charge on any atom is 0.135 e. The SMILES string of the molecule is Cn1c(CO)nc2c1-c1ccccc1Sc1ccccc1-2. The largest absolute Gasteiger partial charge is 0.388 e. The molecule has 1 N–H and O–H groups in total. The van der Waals surface area contributed by atoms with E-state index in [9.17, 15) is 5.11 Å². The van der Waals surface area contributed by atoms with Gasteiger partial charge in [0.2, 0.25) is 0 Å². The Morgan fingerprint density at radius 2 is 1.62 bits per heavy atom. The number of aliphatic hydroxyl groups is 1. The molecule has 0 atom stereocenters. The maximum absolute atomic E-state index is 9.55. The summed E-state index contributed by atoms with van der Waals surface area (Å²) in [4.78, 5) is 7.09. The highest BCUT2D eigenvalue weighted by Gasteiger charge is 2.24. The zero-order chi connectivity index (χ0) is 14.4. The van der Waals surface area contributed by atoms with Crippen LogP contribution in [0.4, 0.5) is 0 Å². The van der Waals surface area contributed by atoms with Crippen molar-refractivity contribution in [3.63, 3.8) is 0 Å². The molecule has 1 aromatic heterocycles. The summed E-state index contributed by atoms with van der Waals surface area (Å²) in [7, 11) is 1.97. The molecule has 4 heteroatoms. The van der Waals surface area contributed by atoms with Crippen LogP contribution in [0.3, 0.4) is 0 Å². The molecule has 0 spiro atoms. The van der Waals surface area contributed by atoms with E-state index in [2.05, 4.69) is 41.4 Å². The molecule has 21 heavy (non-hydrogen) atoms. The van der Waals surface area contributed by atoms with E-state index in [0.29, 0.717) is 5.82 Å². The fourth-order valence-corrected chi connectivity index (χ4v) is 3.88. The number of hydrogen-bond acceptors (Lipinski definition) is 3. The lowest BCUT2D eigenvalue weighted by atomic mass is 10.1. The summed E-state index contributed by atoms with van der Waals surface area (Å²) in [6.45, 7) is -0.0546. The first kappa shape index (κ1) is 12.7. The quantitative estimate of drug-likeness (QED) is 0.581. The lowest BCUT2D eigenvalue weighted by molar-refractivity contribution is 0.267. The number of hydrogen-bond donors (Lipinski definition) is 1. The topological polar surface area (TPSA) is 38.0 Å². The molecule has 0 saturated carbocycles. The molecule has 0 radical (unpaired) electrons. The summed E-state index contributed by atoms with van der Waals surface area (Å²) >= 11 is 1.77. The molecule has 3 nitrogen and oxygen atoms in total. The standard InChI is InChI=1S/C17H14N2OS/c1-19-15(10-20)18-16-11-6-2-4-8-13(11)21-14-9-5-3-7-12(14)17(16)19/h2-9,20H,10H2,1H3. The molecule has 104 valence electrons. The van der Waals surface area contributed by atoms with Crippen molar-refractivity contribution in [1.29, 1.82) is 0 Å². The first-order chi connectivity index (χ1) is 10.3. The van der Waals surface area contributed by atoms with Crippen molar-refractivity contribution in [2.24, 2.45) is 7.05 Å². The molecule has 2 heterocycles. The van der Waals surface area contributed by atoms with Gasteiger partial charge in [0.25, 0.3) is 0 Å². The van der Waals surface area contributed by atoms with Gasteiger partial charge in [0.1, 0.15) is 12.4 Å². The van der Waals surface area contributed by atoms with E-state index in [-0.39, 0.29) is 6.61 Å². The monoisotopic (exact) mass is 294 g/mol. The smallest absolute Gasteiger partial charge is 0.135 e. The highest BCUT2D eigenvalue weighted by molar-refractivity contribution is 7.99. The predicted molar refractivity (Wildman–Crippen MR) is 84.1 cm³/mol. The van der Waals surface area contributed by atoms with Crippen LogP contribution in [0, 0.1) is 0 Å². The second kappa shape index (κ2) is 4.76. The molecule has 0 unspecified atom stereocenters.